The van der Waals surface area contributed by atoms with Crippen molar-refractivity contribution in [3.05, 3.63) is 24.3 Å². The number of nitrogens with zero attached hydrogens (tertiary/aromatic N) is 1. The minimum absolute atomic E-state index is 0.0892. The highest BCUT2D eigenvalue weighted by atomic mass is 16.7. The van der Waals surface area contributed by atoms with Gasteiger partial charge in [0.15, 0.2) is 11.9 Å². The molecule has 1 unspecified atom stereocenters. The van der Waals surface area contributed by atoms with Crippen LogP contribution in [0.3, 0.4) is 0 Å². The summed E-state index contributed by atoms with van der Waals surface area (Å²) in [6, 6.07) is 5.87. The molecule has 0 radical (unpaired) electrons. The minimum Gasteiger partial charge on any atom is -0.497 e. The standard InChI is InChI=1S/C20H27NO8/c1-6-27-17(22)16(26-5)20(24)15(14-11-28-19(2,3)29-14)21(18(20)23)12-7-9-13(25-4)10-8-12/h7-10,14-16,24H,6,11H2,1-5H3/t14?,15-,16-,20-/m0/s1. The third-order valence-corrected chi connectivity index (χ3v) is 5.16. The van der Waals surface area contributed by atoms with E-state index in [1.54, 1.807) is 52.1 Å². The van der Waals surface area contributed by atoms with E-state index in [0.717, 1.165) is 0 Å². The van der Waals surface area contributed by atoms with Crippen LogP contribution < -0.4 is 9.64 Å². The van der Waals surface area contributed by atoms with Crippen LogP contribution in [0.25, 0.3) is 0 Å². The number of hydrogen-bond donors (Lipinski definition) is 1. The van der Waals surface area contributed by atoms with Crippen molar-refractivity contribution in [3.8, 4) is 5.75 Å². The van der Waals surface area contributed by atoms with Crippen LogP contribution >= 0.6 is 0 Å². The number of carbonyl (C=O) groups is 2. The molecule has 1 aromatic carbocycles. The molecule has 2 saturated heterocycles. The van der Waals surface area contributed by atoms with Crippen molar-refractivity contribution in [2.75, 3.05) is 32.3 Å². The maximum atomic E-state index is 13.1. The number of ether oxygens (including phenoxy) is 5. The molecule has 1 amide bonds. The van der Waals surface area contributed by atoms with Crippen molar-refractivity contribution in [2.24, 2.45) is 0 Å². The highest BCUT2D eigenvalue weighted by molar-refractivity contribution is 6.11. The Labute approximate surface area is 169 Å². The molecule has 4 atom stereocenters. The number of rotatable bonds is 7. The number of esters is 1. The van der Waals surface area contributed by atoms with Gasteiger partial charge in [-0.3, -0.25) is 4.79 Å². The number of carbonyl (C=O) groups excluding carboxylic acids is 2. The Hall–Kier alpha value is -2.20. The van der Waals surface area contributed by atoms with E-state index < -0.39 is 41.5 Å². The van der Waals surface area contributed by atoms with E-state index in [9.17, 15) is 14.7 Å². The van der Waals surface area contributed by atoms with Gasteiger partial charge in [0.25, 0.3) is 5.91 Å². The summed E-state index contributed by atoms with van der Waals surface area (Å²) in [5.74, 6) is -1.76. The molecule has 1 aromatic rings. The quantitative estimate of drug-likeness (QED) is 0.523. The van der Waals surface area contributed by atoms with E-state index in [1.165, 1.54) is 12.0 Å². The molecule has 2 aliphatic rings. The van der Waals surface area contributed by atoms with E-state index in [1.807, 2.05) is 0 Å². The first kappa shape index (κ1) is 21.5. The molecule has 0 saturated carbocycles. The predicted molar refractivity (Wildman–Crippen MR) is 102 cm³/mol. The fourth-order valence-corrected chi connectivity index (χ4v) is 3.86. The molecule has 2 heterocycles. The zero-order valence-corrected chi connectivity index (χ0v) is 17.2. The van der Waals surface area contributed by atoms with Crippen molar-refractivity contribution in [3.63, 3.8) is 0 Å². The lowest BCUT2D eigenvalue weighted by Gasteiger charge is -2.55. The summed E-state index contributed by atoms with van der Waals surface area (Å²) in [5.41, 5.74) is -1.63. The van der Waals surface area contributed by atoms with Gasteiger partial charge >= 0.3 is 5.97 Å². The second-order valence-electron chi connectivity index (χ2n) is 7.38. The fraction of sp³-hybridized carbons (Fsp3) is 0.600. The second kappa shape index (κ2) is 7.91. The Morgan fingerprint density at radius 1 is 1.31 bits per heavy atom. The Morgan fingerprint density at radius 3 is 2.45 bits per heavy atom. The molecule has 3 rings (SSSR count). The SMILES string of the molecule is CCOC(=O)[C@H](OC)[C@]1(O)C(=O)N(c2ccc(OC)cc2)[C@H]1C1COC(C)(C)O1. The third-order valence-electron chi connectivity index (χ3n) is 5.16. The first-order valence-corrected chi connectivity index (χ1v) is 9.41. The minimum atomic E-state index is -2.16. The van der Waals surface area contributed by atoms with Gasteiger partial charge in [0.05, 0.1) is 20.3 Å². The van der Waals surface area contributed by atoms with Gasteiger partial charge in [-0.1, -0.05) is 0 Å². The normalized spacial score (nSPS) is 29.3. The van der Waals surface area contributed by atoms with Crippen LogP contribution in [0.15, 0.2) is 24.3 Å². The first-order chi connectivity index (χ1) is 13.7. The lowest BCUT2D eigenvalue weighted by atomic mass is 9.74. The van der Waals surface area contributed by atoms with Gasteiger partial charge in [-0.2, -0.15) is 0 Å². The average Bonchev–Trinajstić information content (AvgIpc) is 3.05. The topological polar surface area (TPSA) is 104 Å². The van der Waals surface area contributed by atoms with Crippen LogP contribution in [0.1, 0.15) is 20.8 Å². The lowest BCUT2D eigenvalue weighted by Crippen LogP contribution is -2.83. The van der Waals surface area contributed by atoms with Crippen molar-refractivity contribution in [1.82, 2.24) is 0 Å². The van der Waals surface area contributed by atoms with Gasteiger partial charge in [0.2, 0.25) is 5.60 Å². The number of benzene rings is 1. The zero-order chi connectivity index (χ0) is 21.4. The summed E-state index contributed by atoms with van der Waals surface area (Å²) in [5, 5.41) is 11.4. The Balaban J connectivity index is 1.99. The van der Waals surface area contributed by atoms with Crippen LogP contribution in [0, 0.1) is 0 Å². The molecule has 1 N–H and O–H groups in total. The van der Waals surface area contributed by atoms with Gasteiger partial charge in [0, 0.05) is 12.8 Å². The van der Waals surface area contributed by atoms with Gasteiger partial charge < -0.3 is 33.7 Å². The van der Waals surface area contributed by atoms with Gasteiger partial charge in [-0.05, 0) is 45.0 Å². The molecule has 0 spiro atoms. The van der Waals surface area contributed by atoms with Crippen molar-refractivity contribution in [2.45, 2.75) is 50.4 Å². The fourth-order valence-electron chi connectivity index (χ4n) is 3.86. The van der Waals surface area contributed by atoms with Gasteiger partial charge in [-0.25, -0.2) is 4.79 Å². The largest absolute Gasteiger partial charge is 0.497 e. The monoisotopic (exact) mass is 409 g/mol. The summed E-state index contributed by atoms with van der Waals surface area (Å²) in [4.78, 5) is 26.9. The van der Waals surface area contributed by atoms with E-state index in [4.69, 9.17) is 23.7 Å². The maximum Gasteiger partial charge on any atom is 0.338 e. The zero-order valence-electron chi connectivity index (χ0n) is 17.2. The number of methoxy groups -OCH3 is 2. The molecule has 160 valence electrons. The first-order valence-electron chi connectivity index (χ1n) is 9.41. The second-order valence-corrected chi connectivity index (χ2v) is 7.38. The average molecular weight is 409 g/mol. The molecular formula is C20H27NO8. The number of aliphatic hydroxyl groups is 1. The van der Waals surface area contributed by atoms with E-state index in [-0.39, 0.29) is 13.2 Å². The molecule has 0 bridgehead atoms. The molecule has 0 aliphatic carbocycles. The van der Waals surface area contributed by atoms with E-state index >= 15 is 0 Å². The number of anilines is 1. The Kier molecular flexibility index (Phi) is 5.86. The molecule has 9 nitrogen and oxygen atoms in total. The maximum absolute atomic E-state index is 13.1. The highest BCUT2D eigenvalue weighted by Crippen LogP contribution is 2.44. The molecule has 9 heteroatoms. The third kappa shape index (κ3) is 3.59. The summed E-state index contributed by atoms with van der Waals surface area (Å²) in [6.07, 6.45) is -2.18. The highest BCUT2D eigenvalue weighted by Gasteiger charge is 2.70. The van der Waals surface area contributed by atoms with E-state index in [2.05, 4.69) is 0 Å². The van der Waals surface area contributed by atoms with Crippen LogP contribution in [0.2, 0.25) is 0 Å². The van der Waals surface area contributed by atoms with Crippen LogP contribution in [-0.2, 0) is 28.5 Å². The number of hydrogen-bond acceptors (Lipinski definition) is 8. The number of amides is 1. The van der Waals surface area contributed by atoms with Crippen molar-refractivity contribution in [1.29, 1.82) is 0 Å². The summed E-state index contributed by atoms with van der Waals surface area (Å²) in [7, 11) is 2.79. The van der Waals surface area contributed by atoms with Crippen LogP contribution in [0.5, 0.6) is 5.75 Å². The Bertz CT molecular complexity index is 764. The molecule has 2 fully saturated rings. The summed E-state index contributed by atoms with van der Waals surface area (Å²) >= 11 is 0. The van der Waals surface area contributed by atoms with Crippen molar-refractivity contribution >= 4 is 17.6 Å². The van der Waals surface area contributed by atoms with Gasteiger partial charge in [0.1, 0.15) is 17.9 Å². The van der Waals surface area contributed by atoms with Crippen molar-refractivity contribution < 1.29 is 38.4 Å². The van der Waals surface area contributed by atoms with Crippen LogP contribution in [-0.4, -0.2) is 74.1 Å². The molecule has 0 aromatic heterocycles. The van der Waals surface area contributed by atoms with Gasteiger partial charge in [-0.15, -0.1) is 0 Å². The summed E-state index contributed by atoms with van der Waals surface area (Å²) < 4.78 is 26.9. The number of β-lactam (4-membered cyclic amide) rings is 1. The Morgan fingerprint density at radius 2 is 1.97 bits per heavy atom. The summed E-state index contributed by atoms with van der Waals surface area (Å²) in [6.45, 7) is 5.34. The molecule has 29 heavy (non-hydrogen) atoms. The molecular weight excluding hydrogens is 382 g/mol. The molecule has 2 aliphatic heterocycles. The van der Waals surface area contributed by atoms with Crippen LogP contribution in [0.4, 0.5) is 5.69 Å². The predicted octanol–water partition coefficient (Wildman–Crippen LogP) is 0.871. The lowest BCUT2D eigenvalue weighted by molar-refractivity contribution is -0.205. The van der Waals surface area contributed by atoms with E-state index in [0.29, 0.717) is 11.4 Å². The smallest absolute Gasteiger partial charge is 0.338 e.